The van der Waals surface area contributed by atoms with Crippen molar-refractivity contribution in [2.75, 3.05) is 25.6 Å². The number of hydrogen-bond acceptors (Lipinski definition) is 6. The van der Waals surface area contributed by atoms with E-state index in [1.807, 2.05) is 12.1 Å². The maximum Gasteiger partial charge on any atom is 0.335 e. The van der Waals surface area contributed by atoms with Gasteiger partial charge in [0.2, 0.25) is 0 Å². The Hall–Kier alpha value is -3.35. The topological polar surface area (TPSA) is 90.7 Å². The third-order valence-electron chi connectivity index (χ3n) is 3.53. The summed E-state index contributed by atoms with van der Waals surface area (Å²) in [6, 6.07) is 13.3. The van der Waals surface area contributed by atoms with E-state index in [9.17, 15) is 14.9 Å². The standard InChI is InChI=1S/C19H20N2O5/c1-3-26-19(22)15(11-14-5-4-6-17(12-14)21(23)24)13-20-16-7-9-18(25-2)10-8-16/h4-12,20H,3,13H2,1-2H3/b15-11-. The fraction of sp³-hybridized carbons (Fsp3) is 0.211. The number of anilines is 1. The molecular formula is C19H20N2O5. The van der Waals surface area contributed by atoms with Gasteiger partial charge in [-0.25, -0.2) is 4.79 Å². The molecule has 0 aliphatic heterocycles. The molecule has 136 valence electrons. The minimum Gasteiger partial charge on any atom is -0.497 e. The number of carbonyl (C=O) groups is 1. The van der Waals surface area contributed by atoms with E-state index in [0.29, 0.717) is 11.1 Å². The summed E-state index contributed by atoms with van der Waals surface area (Å²) in [7, 11) is 1.59. The van der Waals surface area contributed by atoms with Gasteiger partial charge in [-0.15, -0.1) is 0 Å². The number of methoxy groups -OCH3 is 1. The van der Waals surface area contributed by atoms with Gasteiger partial charge in [0.05, 0.1) is 24.2 Å². The van der Waals surface area contributed by atoms with Gasteiger partial charge in [0, 0.05) is 24.4 Å². The van der Waals surface area contributed by atoms with Gasteiger partial charge in [-0.1, -0.05) is 12.1 Å². The number of nitrogens with zero attached hydrogens (tertiary/aromatic N) is 1. The normalized spacial score (nSPS) is 10.9. The summed E-state index contributed by atoms with van der Waals surface area (Å²) in [5.74, 6) is 0.258. The lowest BCUT2D eigenvalue weighted by molar-refractivity contribution is -0.384. The number of nitro benzene ring substituents is 1. The van der Waals surface area contributed by atoms with Crippen molar-refractivity contribution >= 4 is 23.4 Å². The molecule has 0 atom stereocenters. The fourth-order valence-corrected chi connectivity index (χ4v) is 2.24. The highest BCUT2D eigenvalue weighted by atomic mass is 16.6. The minimum absolute atomic E-state index is 0.0370. The van der Waals surface area contributed by atoms with Gasteiger partial charge in [0.25, 0.3) is 5.69 Å². The zero-order valence-electron chi connectivity index (χ0n) is 14.6. The molecule has 26 heavy (non-hydrogen) atoms. The van der Waals surface area contributed by atoms with Crippen molar-refractivity contribution < 1.29 is 19.2 Å². The Kier molecular flexibility index (Phi) is 6.73. The zero-order valence-corrected chi connectivity index (χ0v) is 14.6. The summed E-state index contributed by atoms with van der Waals surface area (Å²) in [6.07, 6.45) is 1.58. The Morgan fingerprint density at radius 1 is 1.23 bits per heavy atom. The molecule has 0 saturated carbocycles. The predicted molar refractivity (Wildman–Crippen MR) is 99.2 cm³/mol. The number of hydrogen-bond donors (Lipinski definition) is 1. The fourth-order valence-electron chi connectivity index (χ4n) is 2.24. The molecule has 2 aromatic carbocycles. The van der Waals surface area contributed by atoms with E-state index >= 15 is 0 Å². The lowest BCUT2D eigenvalue weighted by Crippen LogP contribution is -2.15. The van der Waals surface area contributed by atoms with Crippen LogP contribution < -0.4 is 10.1 Å². The Morgan fingerprint density at radius 3 is 2.58 bits per heavy atom. The molecule has 7 heteroatoms. The van der Waals surface area contributed by atoms with Crippen LogP contribution in [0, 0.1) is 10.1 Å². The Morgan fingerprint density at radius 2 is 1.96 bits per heavy atom. The summed E-state index contributed by atoms with van der Waals surface area (Å²) in [6.45, 7) is 2.18. The zero-order chi connectivity index (χ0) is 18.9. The molecule has 0 spiro atoms. The van der Waals surface area contributed by atoms with Gasteiger partial charge in [-0.3, -0.25) is 10.1 Å². The summed E-state index contributed by atoms with van der Waals surface area (Å²) >= 11 is 0. The van der Waals surface area contributed by atoms with E-state index in [1.165, 1.54) is 12.1 Å². The molecule has 2 aromatic rings. The first kappa shape index (κ1) is 19.0. The van der Waals surface area contributed by atoms with Crippen LogP contribution in [0.5, 0.6) is 5.75 Å². The van der Waals surface area contributed by atoms with Crippen LogP contribution in [0.2, 0.25) is 0 Å². The van der Waals surface area contributed by atoms with Gasteiger partial charge < -0.3 is 14.8 Å². The molecule has 0 radical (unpaired) electrons. The maximum atomic E-state index is 12.2. The molecule has 0 bridgehead atoms. The van der Waals surface area contributed by atoms with Gasteiger partial charge in [-0.05, 0) is 42.8 Å². The molecule has 7 nitrogen and oxygen atoms in total. The minimum atomic E-state index is -0.475. The van der Waals surface area contributed by atoms with Crippen molar-refractivity contribution in [2.45, 2.75) is 6.92 Å². The number of ether oxygens (including phenoxy) is 2. The van der Waals surface area contributed by atoms with Crippen molar-refractivity contribution in [3.05, 3.63) is 69.8 Å². The number of esters is 1. The van der Waals surface area contributed by atoms with E-state index in [1.54, 1.807) is 44.4 Å². The third-order valence-corrected chi connectivity index (χ3v) is 3.53. The van der Waals surface area contributed by atoms with Crippen molar-refractivity contribution in [3.8, 4) is 5.75 Å². The monoisotopic (exact) mass is 356 g/mol. The summed E-state index contributed by atoms with van der Waals surface area (Å²) in [5, 5.41) is 14.0. The van der Waals surface area contributed by atoms with Crippen LogP contribution in [0.15, 0.2) is 54.1 Å². The van der Waals surface area contributed by atoms with E-state index in [4.69, 9.17) is 9.47 Å². The molecule has 0 saturated heterocycles. The SMILES string of the molecule is CCOC(=O)/C(=C\c1cccc([N+](=O)[O-])c1)CNc1ccc(OC)cc1. The van der Waals surface area contributed by atoms with Crippen molar-refractivity contribution in [2.24, 2.45) is 0 Å². The number of non-ortho nitro benzene ring substituents is 1. The number of nitro groups is 1. The molecule has 0 aromatic heterocycles. The molecule has 2 rings (SSSR count). The number of benzene rings is 2. The quantitative estimate of drug-likeness (QED) is 0.336. The molecule has 0 heterocycles. The second-order valence-electron chi connectivity index (χ2n) is 5.32. The molecule has 0 amide bonds. The summed E-state index contributed by atoms with van der Waals surface area (Å²) < 4.78 is 10.2. The van der Waals surface area contributed by atoms with Crippen LogP contribution in [0.4, 0.5) is 11.4 Å². The number of nitrogens with one attached hydrogen (secondary N) is 1. The van der Waals surface area contributed by atoms with Crippen LogP contribution in [0.3, 0.4) is 0 Å². The second kappa shape index (κ2) is 9.22. The Bertz CT molecular complexity index is 800. The molecule has 0 unspecified atom stereocenters. The summed E-state index contributed by atoms with van der Waals surface area (Å²) in [4.78, 5) is 22.6. The van der Waals surface area contributed by atoms with Crippen LogP contribution in [0.1, 0.15) is 12.5 Å². The first-order valence-corrected chi connectivity index (χ1v) is 8.03. The average molecular weight is 356 g/mol. The molecule has 1 N–H and O–H groups in total. The van der Waals surface area contributed by atoms with E-state index < -0.39 is 10.9 Å². The Labute approximate surface area is 151 Å². The highest BCUT2D eigenvalue weighted by Crippen LogP contribution is 2.18. The maximum absolute atomic E-state index is 12.2. The average Bonchev–Trinajstić information content (AvgIpc) is 2.66. The van der Waals surface area contributed by atoms with Crippen LogP contribution >= 0.6 is 0 Å². The number of carbonyl (C=O) groups excluding carboxylic acids is 1. The second-order valence-corrected chi connectivity index (χ2v) is 5.32. The van der Waals surface area contributed by atoms with Gasteiger partial charge in [-0.2, -0.15) is 0 Å². The number of rotatable bonds is 8. The predicted octanol–water partition coefficient (Wildman–Crippen LogP) is 3.66. The van der Waals surface area contributed by atoms with Crippen LogP contribution in [0.25, 0.3) is 6.08 Å². The van der Waals surface area contributed by atoms with Crippen molar-refractivity contribution in [3.63, 3.8) is 0 Å². The van der Waals surface area contributed by atoms with E-state index in [-0.39, 0.29) is 18.8 Å². The van der Waals surface area contributed by atoms with Gasteiger partial charge in [0.15, 0.2) is 0 Å². The first-order valence-electron chi connectivity index (χ1n) is 8.03. The van der Waals surface area contributed by atoms with Gasteiger partial charge in [0.1, 0.15) is 5.75 Å². The summed E-state index contributed by atoms with van der Waals surface area (Å²) in [5.41, 5.74) is 1.69. The van der Waals surface area contributed by atoms with Crippen molar-refractivity contribution in [1.82, 2.24) is 0 Å². The lowest BCUT2D eigenvalue weighted by Gasteiger charge is -2.10. The first-order chi connectivity index (χ1) is 12.5. The smallest absolute Gasteiger partial charge is 0.335 e. The highest BCUT2D eigenvalue weighted by Gasteiger charge is 2.12. The van der Waals surface area contributed by atoms with Crippen LogP contribution in [-0.2, 0) is 9.53 Å². The Balaban J connectivity index is 2.20. The largest absolute Gasteiger partial charge is 0.497 e. The van der Waals surface area contributed by atoms with Gasteiger partial charge >= 0.3 is 5.97 Å². The van der Waals surface area contributed by atoms with E-state index in [2.05, 4.69) is 5.32 Å². The highest BCUT2D eigenvalue weighted by molar-refractivity contribution is 5.94. The molecule has 0 fully saturated rings. The molecular weight excluding hydrogens is 336 g/mol. The van der Waals surface area contributed by atoms with E-state index in [0.717, 1.165) is 11.4 Å². The molecule has 0 aliphatic rings. The van der Waals surface area contributed by atoms with Crippen molar-refractivity contribution in [1.29, 1.82) is 0 Å². The molecule has 0 aliphatic carbocycles. The van der Waals surface area contributed by atoms with Crippen LogP contribution in [-0.4, -0.2) is 31.2 Å². The lowest BCUT2D eigenvalue weighted by atomic mass is 10.1. The third kappa shape index (κ3) is 5.34.